The van der Waals surface area contributed by atoms with Crippen LogP contribution in [0.1, 0.15) is 24.2 Å². The van der Waals surface area contributed by atoms with E-state index < -0.39 is 10.0 Å². The van der Waals surface area contributed by atoms with Gasteiger partial charge in [-0.05, 0) is 56.3 Å². The van der Waals surface area contributed by atoms with E-state index in [-0.39, 0.29) is 36.1 Å². The van der Waals surface area contributed by atoms with E-state index in [4.69, 9.17) is 4.74 Å². The number of hydrogen-bond donors (Lipinski definition) is 0. The maximum absolute atomic E-state index is 13.8. The summed E-state index contributed by atoms with van der Waals surface area (Å²) in [6, 6.07) is 21.8. The van der Waals surface area contributed by atoms with Gasteiger partial charge in [-0.25, -0.2) is 8.42 Å². The van der Waals surface area contributed by atoms with Gasteiger partial charge >= 0.3 is 0 Å². The molecule has 1 saturated heterocycles. The van der Waals surface area contributed by atoms with Gasteiger partial charge in [0.1, 0.15) is 0 Å². The number of carbonyl (C=O) groups is 1. The summed E-state index contributed by atoms with van der Waals surface area (Å²) >= 11 is 1.62. The van der Waals surface area contributed by atoms with E-state index in [1.807, 2.05) is 62.4 Å². The van der Waals surface area contributed by atoms with Crippen molar-refractivity contribution in [3.63, 3.8) is 0 Å². The third-order valence-electron chi connectivity index (χ3n) is 5.74. The highest BCUT2D eigenvalue weighted by Crippen LogP contribution is 2.48. The number of para-hydroxylation sites is 2. The van der Waals surface area contributed by atoms with E-state index in [2.05, 4.69) is 0 Å². The molecule has 0 saturated carbocycles. The summed E-state index contributed by atoms with van der Waals surface area (Å²) in [4.78, 5) is 17.5. The van der Waals surface area contributed by atoms with E-state index in [9.17, 15) is 13.2 Å². The van der Waals surface area contributed by atoms with E-state index >= 15 is 0 Å². The van der Waals surface area contributed by atoms with Crippen LogP contribution in [0, 0.1) is 0 Å². The van der Waals surface area contributed by atoms with Gasteiger partial charge in [-0.3, -0.25) is 9.69 Å². The van der Waals surface area contributed by atoms with Crippen LogP contribution in [-0.2, 0) is 14.8 Å². The van der Waals surface area contributed by atoms with Gasteiger partial charge in [0, 0.05) is 28.4 Å². The number of amides is 1. The average molecular weight is 481 g/mol. The molecule has 3 aromatic carbocycles. The first-order valence-corrected chi connectivity index (χ1v) is 13.1. The van der Waals surface area contributed by atoms with Crippen LogP contribution < -0.4 is 4.90 Å². The zero-order chi connectivity index (χ0) is 23.2. The molecule has 0 bridgehead atoms. The van der Waals surface area contributed by atoms with E-state index in [1.165, 1.54) is 10.4 Å². The van der Waals surface area contributed by atoms with Gasteiger partial charge in [0.05, 0.1) is 28.5 Å². The fraction of sp³-hybridized carbons (Fsp3) is 0.240. The number of morpholine rings is 1. The zero-order valence-corrected chi connectivity index (χ0v) is 20.0. The molecule has 2 atom stereocenters. The van der Waals surface area contributed by atoms with Gasteiger partial charge in [0.15, 0.2) is 0 Å². The molecule has 1 amide bonds. The second kappa shape index (κ2) is 8.61. The first kappa shape index (κ1) is 22.2. The third-order valence-corrected chi connectivity index (χ3v) is 8.70. The Morgan fingerprint density at radius 3 is 2.06 bits per heavy atom. The summed E-state index contributed by atoms with van der Waals surface area (Å²) in [6.45, 7) is 4.30. The van der Waals surface area contributed by atoms with Gasteiger partial charge in [0.2, 0.25) is 10.0 Å². The van der Waals surface area contributed by atoms with Crippen LogP contribution in [0.15, 0.2) is 87.5 Å². The van der Waals surface area contributed by atoms with E-state index in [0.29, 0.717) is 5.56 Å². The second-order valence-corrected chi connectivity index (χ2v) is 11.3. The van der Waals surface area contributed by atoms with Crippen molar-refractivity contribution >= 4 is 39.1 Å². The number of ether oxygens (including phenoxy) is 1. The molecule has 8 heteroatoms. The molecule has 2 aliphatic rings. The number of nitrogens with zero attached hydrogens (tertiary/aromatic N) is 2. The topological polar surface area (TPSA) is 66.9 Å². The highest BCUT2D eigenvalue weighted by Gasteiger charge is 2.33. The molecule has 5 rings (SSSR count). The normalized spacial score (nSPS) is 20.7. The van der Waals surface area contributed by atoms with Crippen LogP contribution in [0.2, 0.25) is 0 Å². The van der Waals surface area contributed by atoms with E-state index in [0.717, 1.165) is 21.2 Å². The van der Waals surface area contributed by atoms with Crippen molar-refractivity contribution in [2.75, 3.05) is 18.0 Å². The fourth-order valence-electron chi connectivity index (χ4n) is 4.32. The maximum Gasteiger partial charge on any atom is 0.262 e. The van der Waals surface area contributed by atoms with Crippen LogP contribution >= 0.6 is 11.8 Å². The monoisotopic (exact) mass is 480 g/mol. The average Bonchev–Trinajstić information content (AvgIpc) is 2.81. The van der Waals surface area contributed by atoms with Crippen molar-refractivity contribution in [3.8, 4) is 0 Å². The molecule has 170 valence electrons. The summed E-state index contributed by atoms with van der Waals surface area (Å²) in [5.41, 5.74) is 1.90. The molecule has 2 aliphatic heterocycles. The van der Waals surface area contributed by atoms with Crippen LogP contribution in [0.4, 0.5) is 11.4 Å². The molecule has 6 nitrogen and oxygen atoms in total. The molecule has 33 heavy (non-hydrogen) atoms. The first-order chi connectivity index (χ1) is 15.8. The van der Waals surface area contributed by atoms with Gasteiger partial charge in [0.25, 0.3) is 5.91 Å². The molecule has 1 fully saturated rings. The van der Waals surface area contributed by atoms with Crippen LogP contribution in [0.25, 0.3) is 0 Å². The molecule has 0 N–H and O–H groups in total. The zero-order valence-electron chi connectivity index (χ0n) is 18.3. The number of rotatable bonds is 3. The quantitative estimate of drug-likeness (QED) is 0.532. The van der Waals surface area contributed by atoms with Crippen molar-refractivity contribution in [1.82, 2.24) is 4.31 Å². The summed E-state index contributed by atoms with van der Waals surface area (Å²) in [6.07, 6.45) is -0.376. The predicted octanol–water partition coefficient (Wildman–Crippen LogP) is 4.93. The molecule has 0 spiro atoms. The number of hydrogen-bond acceptors (Lipinski definition) is 5. The minimum absolute atomic E-state index is 0.114. The van der Waals surface area contributed by atoms with Gasteiger partial charge in [-0.1, -0.05) is 42.1 Å². The standard InChI is InChI=1S/C25H24N2O4S2/c1-17-15-26(16-18(2)31-17)33(29,30)20-9-7-8-19(14-20)25(28)27-21-10-3-5-12-23(21)32-24-13-6-4-11-22(24)27/h3-14,17-18H,15-16H2,1-2H3/t17-,18-/m1/s1. The Balaban J connectivity index is 1.53. The Labute approximate surface area is 198 Å². The lowest BCUT2D eigenvalue weighted by atomic mass is 10.1. The largest absolute Gasteiger partial charge is 0.373 e. The second-order valence-electron chi connectivity index (χ2n) is 8.29. The number of sulfonamides is 1. The Bertz CT molecular complexity index is 1270. The first-order valence-electron chi connectivity index (χ1n) is 10.8. The number of benzene rings is 3. The molecule has 3 aromatic rings. The highest BCUT2D eigenvalue weighted by atomic mass is 32.2. The summed E-state index contributed by atoms with van der Waals surface area (Å²) in [5, 5.41) is 0. The molecular weight excluding hydrogens is 456 g/mol. The van der Waals surface area contributed by atoms with Crippen molar-refractivity contribution in [2.45, 2.75) is 40.7 Å². The molecule has 0 unspecified atom stereocenters. The lowest BCUT2D eigenvalue weighted by molar-refractivity contribution is -0.0440. The van der Waals surface area contributed by atoms with Crippen LogP contribution in [-0.4, -0.2) is 43.9 Å². The molecule has 0 radical (unpaired) electrons. The summed E-state index contributed by atoms with van der Waals surface area (Å²) in [7, 11) is -3.76. The van der Waals surface area contributed by atoms with Crippen LogP contribution in [0.3, 0.4) is 0 Å². The van der Waals surface area contributed by atoms with Gasteiger partial charge in [-0.15, -0.1) is 0 Å². The number of fused-ring (bicyclic) bond motifs is 2. The minimum Gasteiger partial charge on any atom is -0.373 e. The predicted molar refractivity (Wildman–Crippen MR) is 129 cm³/mol. The number of carbonyl (C=O) groups excluding carboxylic acids is 1. The Hall–Kier alpha value is -2.65. The molecule has 0 aliphatic carbocycles. The molecule has 0 aromatic heterocycles. The van der Waals surface area contributed by atoms with E-state index in [1.54, 1.807) is 34.9 Å². The van der Waals surface area contributed by atoms with Crippen molar-refractivity contribution in [1.29, 1.82) is 0 Å². The van der Waals surface area contributed by atoms with Crippen molar-refractivity contribution < 1.29 is 17.9 Å². The van der Waals surface area contributed by atoms with Gasteiger partial charge in [-0.2, -0.15) is 4.31 Å². The Morgan fingerprint density at radius 2 is 1.45 bits per heavy atom. The maximum atomic E-state index is 13.8. The Morgan fingerprint density at radius 1 is 0.879 bits per heavy atom. The van der Waals surface area contributed by atoms with Crippen molar-refractivity contribution in [2.24, 2.45) is 0 Å². The fourth-order valence-corrected chi connectivity index (χ4v) is 7.01. The minimum atomic E-state index is -3.76. The van der Waals surface area contributed by atoms with Gasteiger partial charge < -0.3 is 4.74 Å². The third kappa shape index (κ3) is 4.08. The van der Waals surface area contributed by atoms with Crippen molar-refractivity contribution in [3.05, 3.63) is 78.4 Å². The lowest BCUT2D eigenvalue weighted by Crippen LogP contribution is -2.48. The molecular formula is C25H24N2O4S2. The van der Waals surface area contributed by atoms with Crippen LogP contribution in [0.5, 0.6) is 0 Å². The molecule has 2 heterocycles. The smallest absolute Gasteiger partial charge is 0.262 e. The summed E-state index contributed by atoms with van der Waals surface area (Å²) in [5.74, 6) is -0.268. The highest BCUT2D eigenvalue weighted by molar-refractivity contribution is 7.99. The lowest BCUT2D eigenvalue weighted by Gasteiger charge is -2.34. The Kier molecular flexibility index (Phi) is 5.78. The summed E-state index contributed by atoms with van der Waals surface area (Å²) < 4.78 is 33.9. The SMILES string of the molecule is C[C@@H]1CN(S(=O)(=O)c2cccc(C(=O)N3c4ccccc4Sc4ccccc43)c2)C[C@@H](C)O1. The number of anilines is 2.